The number of hydrogen-bond donors (Lipinski definition) is 2. The van der Waals surface area contributed by atoms with Crippen molar-refractivity contribution in [3.05, 3.63) is 69.1 Å². The Hall–Kier alpha value is -2.67. The summed E-state index contributed by atoms with van der Waals surface area (Å²) in [6, 6.07) is 8.72. The second-order valence-corrected chi connectivity index (χ2v) is 8.02. The SMILES string of the molecule is Nc1cc(C(F)(F)F)ccc1C1CCC(Oc2cc3cc[nH]c(=O)c3cc2Cl)CC1. The molecule has 3 aromatic rings. The van der Waals surface area contributed by atoms with Crippen molar-refractivity contribution in [2.24, 2.45) is 0 Å². The summed E-state index contributed by atoms with van der Waals surface area (Å²) in [4.78, 5) is 14.5. The molecular formula is C22H20ClF3N2O2. The van der Waals surface area contributed by atoms with Gasteiger partial charge in [0, 0.05) is 17.3 Å². The van der Waals surface area contributed by atoms with Gasteiger partial charge in [-0.2, -0.15) is 13.2 Å². The van der Waals surface area contributed by atoms with E-state index >= 15 is 0 Å². The summed E-state index contributed by atoms with van der Waals surface area (Å²) in [5.41, 5.74) is 5.90. The zero-order chi connectivity index (χ0) is 21.5. The van der Waals surface area contributed by atoms with Gasteiger partial charge in [0.2, 0.25) is 0 Å². The van der Waals surface area contributed by atoms with Crippen molar-refractivity contribution < 1.29 is 17.9 Å². The van der Waals surface area contributed by atoms with Crippen LogP contribution in [-0.2, 0) is 6.18 Å². The lowest BCUT2D eigenvalue weighted by Crippen LogP contribution is -2.24. The van der Waals surface area contributed by atoms with E-state index in [4.69, 9.17) is 22.1 Å². The Kier molecular flexibility index (Phi) is 5.40. The molecule has 0 saturated heterocycles. The fraction of sp³-hybridized carbons (Fsp3) is 0.318. The van der Waals surface area contributed by atoms with Gasteiger partial charge in [-0.05, 0) is 72.9 Å². The number of nitrogen functional groups attached to an aromatic ring is 1. The van der Waals surface area contributed by atoms with Gasteiger partial charge in [-0.1, -0.05) is 17.7 Å². The van der Waals surface area contributed by atoms with Gasteiger partial charge < -0.3 is 15.5 Å². The lowest BCUT2D eigenvalue weighted by atomic mass is 9.81. The lowest BCUT2D eigenvalue weighted by Gasteiger charge is -2.30. The molecule has 0 atom stereocenters. The van der Waals surface area contributed by atoms with Gasteiger partial charge in [0.15, 0.2) is 0 Å². The summed E-state index contributed by atoms with van der Waals surface area (Å²) in [6.07, 6.45) is 0.0817. The largest absolute Gasteiger partial charge is 0.489 e. The molecule has 1 aliphatic rings. The zero-order valence-electron chi connectivity index (χ0n) is 15.9. The summed E-state index contributed by atoms with van der Waals surface area (Å²) in [7, 11) is 0. The molecule has 1 aliphatic carbocycles. The normalized spacial score (nSPS) is 19.7. The number of halogens is 4. The van der Waals surface area contributed by atoms with Gasteiger partial charge in [-0.15, -0.1) is 0 Å². The third-order valence-electron chi connectivity index (χ3n) is 5.65. The molecular weight excluding hydrogens is 417 g/mol. The van der Waals surface area contributed by atoms with Gasteiger partial charge in [-0.3, -0.25) is 4.79 Å². The van der Waals surface area contributed by atoms with E-state index in [2.05, 4.69) is 4.98 Å². The molecule has 0 unspecified atom stereocenters. The Morgan fingerprint density at radius 3 is 2.47 bits per heavy atom. The van der Waals surface area contributed by atoms with Gasteiger partial charge in [0.05, 0.1) is 16.7 Å². The quantitative estimate of drug-likeness (QED) is 0.503. The van der Waals surface area contributed by atoms with Crippen LogP contribution in [0.1, 0.15) is 42.7 Å². The summed E-state index contributed by atoms with van der Waals surface area (Å²) in [5.74, 6) is 0.616. The molecule has 0 radical (unpaired) electrons. The number of benzene rings is 2. The van der Waals surface area contributed by atoms with Gasteiger partial charge in [0.1, 0.15) is 5.75 Å². The van der Waals surface area contributed by atoms with Crippen LogP contribution in [0, 0.1) is 0 Å². The van der Waals surface area contributed by atoms with Crippen LogP contribution in [0.3, 0.4) is 0 Å². The predicted molar refractivity (Wildman–Crippen MR) is 111 cm³/mol. The number of nitrogens with two attached hydrogens (primary N) is 1. The third-order valence-corrected chi connectivity index (χ3v) is 5.94. The molecule has 4 nitrogen and oxygen atoms in total. The number of anilines is 1. The van der Waals surface area contributed by atoms with Crippen molar-refractivity contribution in [3.63, 3.8) is 0 Å². The standard InChI is InChI=1S/C22H20ClF3N2O2/c23-18-11-17-13(7-8-28-21(17)29)9-20(18)30-15-4-1-12(2-5-15)16-6-3-14(10-19(16)27)22(24,25)26/h3,6-12,15H,1-2,4-5,27H2,(H,28,29). The molecule has 0 amide bonds. The highest BCUT2D eigenvalue weighted by Crippen LogP contribution is 2.40. The highest BCUT2D eigenvalue weighted by Gasteiger charge is 2.32. The Balaban J connectivity index is 1.45. The van der Waals surface area contributed by atoms with E-state index in [-0.39, 0.29) is 23.3 Å². The van der Waals surface area contributed by atoms with E-state index in [9.17, 15) is 18.0 Å². The Labute approximate surface area is 175 Å². The second kappa shape index (κ2) is 7.87. The van der Waals surface area contributed by atoms with E-state index in [0.717, 1.165) is 48.8 Å². The molecule has 1 fully saturated rings. The number of alkyl halides is 3. The van der Waals surface area contributed by atoms with Gasteiger partial charge in [0.25, 0.3) is 5.56 Å². The van der Waals surface area contributed by atoms with Crippen LogP contribution in [0.5, 0.6) is 5.75 Å². The number of fused-ring (bicyclic) bond motifs is 1. The van der Waals surface area contributed by atoms with Gasteiger partial charge >= 0.3 is 6.18 Å². The molecule has 30 heavy (non-hydrogen) atoms. The monoisotopic (exact) mass is 436 g/mol. The molecule has 1 heterocycles. The third kappa shape index (κ3) is 4.12. The predicted octanol–water partition coefficient (Wildman–Crippen LogP) is 5.89. The van der Waals surface area contributed by atoms with E-state index in [0.29, 0.717) is 16.2 Å². The maximum Gasteiger partial charge on any atom is 0.416 e. The van der Waals surface area contributed by atoms with Crippen LogP contribution in [0.2, 0.25) is 5.02 Å². The van der Waals surface area contributed by atoms with Crippen molar-refractivity contribution in [2.45, 2.75) is 43.9 Å². The smallest absolute Gasteiger partial charge is 0.416 e. The van der Waals surface area contributed by atoms with Crippen LogP contribution in [0.15, 0.2) is 47.4 Å². The van der Waals surface area contributed by atoms with Crippen molar-refractivity contribution in [3.8, 4) is 5.75 Å². The second-order valence-electron chi connectivity index (χ2n) is 7.61. The summed E-state index contributed by atoms with van der Waals surface area (Å²) >= 11 is 6.31. The fourth-order valence-electron chi connectivity index (χ4n) is 4.07. The number of rotatable bonds is 3. The zero-order valence-corrected chi connectivity index (χ0v) is 16.7. The minimum atomic E-state index is -4.40. The first kappa shape index (κ1) is 20.6. The molecule has 2 aromatic carbocycles. The van der Waals surface area contributed by atoms with E-state index in [1.165, 1.54) is 6.07 Å². The molecule has 1 saturated carbocycles. The maximum absolute atomic E-state index is 12.9. The van der Waals surface area contributed by atoms with E-state index in [1.807, 2.05) is 0 Å². The van der Waals surface area contributed by atoms with Crippen LogP contribution < -0.4 is 16.0 Å². The molecule has 0 aliphatic heterocycles. The number of ether oxygens (including phenoxy) is 1. The maximum atomic E-state index is 12.9. The Bertz CT molecular complexity index is 1140. The number of aromatic amines is 1. The average molecular weight is 437 g/mol. The number of nitrogens with one attached hydrogen (secondary N) is 1. The molecule has 4 rings (SSSR count). The number of aromatic nitrogens is 1. The first-order valence-electron chi connectivity index (χ1n) is 9.66. The van der Waals surface area contributed by atoms with Crippen molar-refractivity contribution in [1.82, 2.24) is 4.98 Å². The molecule has 3 N–H and O–H groups in total. The van der Waals surface area contributed by atoms with E-state index < -0.39 is 11.7 Å². The number of pyridine rings is 1. The summed E-state index contributed by atoms with van der Waals surface area (Å²) in [5, 5.41) is 1.61. The number of hydrogen-bond acceptors (Lipinski definition) is 3. The van der Waals surface area contributed by atoms with Crippen molar-refractivity contribution >= 4 is 28.1 Å². The summed E-state index contributed by atoms with van der Waals surface area (Å²) < 4.78 is 44.6. The summed E-state index contributed by atoms with van der Waals surface area (Å²) in [6.45, 7) is 0. The number of H-pyrrole nitrogens is 1. The topological polar surface area (TPSA) is 68.1 Å². The van der Waals surface area contributed by atoms with Crippen molar-refractivity contribution in [2.75, 3.05) is 5.73 Å². The molecule has 8 heteroatoms. The first-order chi connectivity index (χ1) is 14.2. The Morgan fingerprint density at radius 1 is 1.07 bits per heavy atom. The molecule has 0 spiro atoms. The van der Waals surface area contributed by atoms with Crippen LogP contribution in [0.25, 0.3) is 10.8 Å². The minimum absolute atomic E-state index is 0.0612. The highest BCUT2D eigenvalue weighted by atomic mass is 35.5. The molecule has 0 bridgehead atoms. The Morgan fingerprint density at radius 2 is 1.80 bits per heavy atom. The van der Waals surface area contributed by atoms with E-state index in [1.54, 1.807) is 24.4 Å². The molecule has 1 aromatic heterocycles. The van der Waals surface area contributed by atoms with Crippen LogP contribution >= 0.6 is 11.6 Å². The molecule has 158 valence electrons. The van der Waals surface area contributed by atoms with Crippen LogP contribution in [-0.4, -0.2) is 11.1 Å². The lowest BCUT2D eigenvalue weighted by molar-refractivity contribution is -0.137. The first-order valence-corrected chi connectivity index (χ1v) is 10.0. The minimum Gasteiger partial charge on any atom is -0.489 e. The van der Waals surface area contributed by atoms with Gasteiger partial charge in [-0.25, -0.2) is 0 Å². The van der Waals surface area contributed by atoms with Crippen molar-refractivity contribution in [1.29, 1.82) is 0 Å². The van der Waals surface area contributed by atoms with Crippen LogP contribution in [0.4, 0.5) is 18.9 Å². The highest BCUT2D eigenvalue weighted by molar-refractivity contribution is 6.32. The average Bonchev–Trinajstić information content (AvgIpc) is 2.69. The fourth-order valence-corrected chi connectivity index (χ4v) is 4.28.